The third-order valence-electron chi connectivity index (χ3n) is 2.32. The van der Waals surface area contributed by atoms with E-state index in [0.717, 1.165) is 10.9 Å². The Labute approximate surface area is 122 Å². The third kappa shape index (κ3) is 3.89. The number of carbonyl (C=O) groups excluding carboxylic acids is 1. The van der Waals surface area contributed by atoms with Crippen molar-refractivity contribution in [2.75, 3.05) is 10.6 Å². The fourth-order valence-corrected chi connectivity index (χ4v) is 1.49. The topological polar surface area (TPSA) is 101 Å². The quantitative estimate of drug-likeness (QED) is 0.728. The van der Waals surface area contributed by atoms with Gasteiger partial charge in [0.2, 0.25) is 5.82 Å². The smallest absolute Gasteiger partial charge is 0.304 e. The molecule has 0 radical (unpaired) electrons. The van der Waals surface area contributed by atoms with E-state index < -0.39 is 41.5 Å². The van der Waals surface area contributed by atoms with Gasteiger partial charge in [-0.15, -0.1) is 5.10 Å². The Bertz CT molecular complexity index is 715. The lowest BCUT2D eigenvalue weighted by atomic mass is 10.3. The Kier molecular flexibility index (Phi) is 3.92. The van der Waals surface area contributed by atoms with E-state index >= 15 is 0 Å². The molecule has 0 aliphatic rings. The zero-order valence-electron chi connectivity index (χ0n) is 11.0. The molecule has 0 saturated heterocycles. The molecule has 2 aromatic heterocycles. The summed E-state index contributed by atoms with van der Waals surface area (Å²) in [6.07, 6.45) is -8.75. The maximum absolute atomic E-state index is 12.7. The van der Waals surface area contributed by atoms with Crippen molar-refractivity contribution in [1.82, 2.24) is 25.0 Å². The molecule has 126 valence electrons. The Morgan fingerprint density at radius 2 is 1.83 bits per heavy atom. The second-order valence-corrected chi connectivity index (χ2v) is 4.15. The van der Waals surface area contributed by atoms with Crippen LogP contribution in [0.4, 0.5) is 42.8 Å². The monoisotopic (exact) mass is 343 g/mol. The van der Waals surface area contributed by atoms with Crippen LogP contribution < -0.4 is 10.6 Å². The molecule has 3 N–H and O–H groups in total. The number of alkyl halides is 6. The van der Waals surface area contributed by atoms with E-state index in [0.29, 0.717) is 0 Å². The highest BCUT2D eigenvalue weighted by molar-refractivity contribution is 5.98. The summed E-state index contributed by atoms with van der Waals surface area (Å²) >= 11 is 0. The van der Waals surface area contributed by atoms with Crippen LogP contribution in [0, 0.1) is 0 Å². The van der Waals surface area contributed by atoms with Crippen LogP contribution in [-0.2, 0) is 19.4 Å². The molecule has 0 saturated carbocycles. The van der Waals surface area contributed by atoms with E-state index in [4.69, 9.17) is 0 Å². The van der Waals surface area contributed by atoms with Crippen LogP contribution in [0.2, 0.25) is 0 Å². The van der Waals surface area contributed by atoms with Crippen molar-refractivity contribution in [2.24, 2.45) is 7.05 Å². The normalized spacial score (nSPS) is 12.3. The number of amides is 2. The molecule has 0 bridgehead atoms. The fourth-order valence-electron chi connectivity index (χ4n) is 1.49. The molecule has 0 unspecified atom stereocenters. The molecule has 0 aliphatic heterocycles. The maximum Gasteiger partial charge on any atom is 0.451 e. The summed E-state index contributed by atoms with van der Waals surface area (Å²) in [6.45, 7) is 0. The van der Waals surface area contributed by atoms with Crippen LogP contribution in [0.25, 0.3) is 0 Å². The van der Waals surface area contributed by atoms with E-state index in [1.807, 2.05) is 0 Å². The number of nitrogens with one attached hydrogen (secondary N) is 3. The number of nitrogens with zero attached hydrogens (tertiary/aromatic N) is 4. The van der Waals surface area contributed by atoms with Crippen LogP contribution in [0.5, 0.6) is 0 Å². The summed E-state index contributed by atoms with van der Waals surface area (Å²) in [5.74, 6) is -2.22. The van der Waals surface area contributed by atoms with Gasteiger partial charge in [0.05, 0.1) is 5.69 Å². The van der Waals surface area contributed by atoms with Crippen LogP contribution in [0.1, 0.15) is 11.5 Å². The summed E-state index contributed by atoms with van der Waals surface area (Å²) in [4.78, 5) is 14.5. The fraction of sp³-hybridized carbons (Fsp3) is 0.333. The predicted octanol–water partition coefficient (Wildman–Crippen LogP) is 2.22. The molecule has 2 heterocycles. The average Bonchev–Trinajstić information content (AvgIpc) is 2.94. The van der Waals surface area contributed by atoms with Crippen LogP contribution in [-0.4, -0.2) is 31.0 Å². The standard InChI is InChI=1S/C9H7F6N7O/c1-22-2-3(4(21-22)8(10,11)12)16-7(23)18-6-17-5(19-20-6)9(13,14)15/h2H,1H3,(H3,16,17,18,19,20,23). The number of hydrogen-bond acceptors (Lipinski definition) is 4. The molecule has 0 aromatic carbocycles. The Balaban J connectivity index is 2.10. The van der Waals surface area contributed by atoms with Crippen molar-refractivity contribution in [3.63, 3.8) is 0 Å². The highest BCUT2D eigenvalue weighted by Crippen LogP contribution is 2.33. The van der Waals surface area contributed by atoms with Crippen LogP contribution in [0.3, 0.4) is 0 Å². The van der Waals surface area contributed by atoms with E-state index in [2.05, 4.69) is 15.2 Å². The number of urea groups is 1. The van der Waals surface area contributed by atoms with Gasteiger partial charge in [0.1, 0.15) is 0 Å². The summed E-state index contributed by atoms with van der Waals surface area (Å²) in [6, 6.07) is -1.27. The highest BCUT2D eigenvalue weighted by Gasteiger charge is 2.38. The summed E-state index contributed by atoms with van der Waals surface area (Å²) in [7, 11) is 1.20. The first kappa shape index (κ1) is 16.6. The van der Waals surface area contributed by atoms with E-state index in [1.54, 1.807) is 10.6 Å². The van der Waals surface area contributed by atoms with Gasteiger partial charge < -0.3 is 5.32 Å². The number of aromatic amines is 1. The SMILES string of the molecule is Cn1cc(NC(=O)Nc2n[nH]c(C(F)(F)F)n2)c(C(F)(F)F)n1. The van der Waals surface area contributed by atoms with Gasteiger partial charge in [-0.05, 0) is 0 Å². The van der Waals surface area contributed by atoms with Crippen molar-refractivity contribution in [1.29, 1.82) is 0 Å². The third-order valence-corrected chi connectivity index (χ3v) is 2.32. The first-order chi connectivity index (χ1) is 10.5. The van der Waals surface area contributed by atoms with Gasteiger partial charge >= 0.3 is 18.4 Å². The number of rotatable bonds is 2. The van der Waals surface area contributed by atoms with Gasteiger partial charge in [-0.3, -0.25) is 15.1 Å². The minimum atomic E-state index is -4.82. The molecule has 2 aromatic rings. The van der Waals surface area contributed by atoms with Crippen molar-refractivity contribution in [3.8, 4) is 0 Å². The zero-order chi connectivity index (χ0) is 17.4. The molecule has 14 heteroatoms. The molecule has 0 fully saturated rings. The van der Waals surface area contributed by atoms with Crippen molar-refractivity contribution < 1.29 is 31.1 Å². The summed E-state index contributed by atoms with van der Waals surface area (Å²) in [5, 5.41) is 11.3. The molecule has 2 amide bonds. The Morgan fingerprint density at radius 1 is 1.17 bits per heavy atom. The first-order valence-corrected chi connectivity index (χ1v) is 5.65. The van der Waals surface area contributed by atoms with E-state index in [-0.39, 0.29) is 0 Å². The number of aryl methyl sites for hydroxylation is 1. The molecular formula is C9H7F6N7O. The van der Waals surface area contributed by atoms with Gasteiger partial charge in [-0.1, -0.05) is 0 Å². The number of anilines is 2. The Morgan fingerprint density at radius 3 is 2.35 bits per heavy atom. The Hall–Kier alpha value is -2.80. The minimum Gasteiger partial charge on any atom is -0.304 e. The lowest BCUT2D eigenvalue weighted by Crippen LogP contribution is -2.22. The lowest BCUT2D eigenvalue weighted by Gasteiger charge is -2.07. The molecule has 8 nitrogen and oxygen atoms in total. The van der Waals surface area contributed by atoms with Gasteiger partial charge in [-0.25, -0.2) is 4.79 Å². The first-order valence-electron chi connectivity index (χ1n) is 5.65. The maximum atomic E-state index is 12.7. The minimum absolute atomic E-state index is 0.677. The van der Waals surface area contributed by atoms with Crippen molar-refractivity contribution in [2.45, 2.75) is 12.4 Å². The summed E-state index contributed by atoms with van der Waals surface area (Å²) in [5.41, 5.74) is -2.04. The predicted molar refractivity (Wildman–Crippen MR) is 62.2 cm³/mol. The zero-order valence-corrected chi connectivity index (χ0v) is 11.0. The van der Waals surface area contributed by atoms with Crippen LogP contribution in [0.15, 0.2) is 6.20 Å². The lowest BCUT2D eigenvalue weighted by molar-refractivity contribution is -0.144. The largest absolute Gasteiger partial charge is 0.451 e. The molecular weight excluding hydrogens is 336 g/mol. The molecule has 0 spiro atoms. The van der Waals surface area contributed by atoms with E-state index in [9.17, 15) is 31.1 Å². The van der Waals surface area contributed by atoms with E-state index in [1.165, 1.54) is 12.1 Å². The number of H-pyrrole nitrogens is 1. The van der Waals surface area contributed by atoms with Gasteiger partial charge in [0, 0.05) is 13.2 Å². The molecule has 23 heavy (non-hydrogen) atoms. The van der Waals surface area contributed by atoms with Crippen LogP contribution >= 0.6 is 0 Å². The number of carbonyl (C=O) groups is 1. The number of halogens is 6. The van der Waals surface area contributed by atoms with Gasteiger partial charge in [0.25, 0.3) is 5.95 Å². The molecule has 0 atom stereocenters. The number of hydrogen-bond donors (Lipinski definition) is 3. The number of aromatic nitrogens is 5. The molecule has 0 aliphatic carbocycles. The van der Waals surface area contributed by atoms with Gasteiger partial charge in [-0.2, -0.15) is 36.4 Å². The molecule has 2 rings (SSSR count). The summed E-state index contributed by atoms with van der Waals surface area (Å²) < 4.78 is 75.6. The second-order valence-electron chi connectivity index (χ2n) is 4.15. The highest BCUT2D eigenvalue weighted by atomic mass is 19.4. The average molecular weight is 343 g/mol. The van der Waals surface area contributed by atoms with Crippen molar-refractivity contribution >= 4 is 17.7 Å². The van der Waals surface area contributed by atoms with Crippen molar-refractivity contribution in [3.05, 3.63) is 17.7 Å². The second kappa shape index (κ2) is 5.44. The van der Waals surface area contributed by atoms with Gasteiger partial charge in [0.15, 0.2) is 5.69 Å².